The van der Waals surface area contributed by atoms with Gasteiger partial charge in [-0.3, -0.25) is 4.79 Å². The fourth-order valence-corrected chi connectivity index (χ4v) is 2.63. The lowest BCUT2D eigenvalue weighted by Gasteiger charge is -2.09. The van der Waals surface area contributed by atoms with E-state index in [4.69, 9.17) is 0 Å². The fourth-order valence-electron chi connectivity index (χ4n) is 2.63. The molecule has 0 saturated heterocycles. The lowest BCUT2D eigenvalue weighted by Crippen LogP contribution is -2.17. The van der Waals surface area contributed by atoms with Crippen molar-refractivity contribution in [3.05, 3.63) is 65.9 Å². The zero-order valence-corrected chi connectivity index (χ0v) is 13.3. The molecule has 1 aliphatic rings. The SMILES string of the molecule is Cc1cc(NC(=O)c2cc(C3CC3)ncn2)n(-c2ccccc2)n1. The third kappa shape index (κ3) is 2.90. The highest BCUT2D eigenvalue weighted by molar-refractivity contribution is 6.02. The molecular formula is C18H17N5O. The van der Waals surface area contributed by atoms with Gasteiger partial charge in [0.15, 0.2) is 0 Å². The molecule has 1 saturated carbocycles. The second-order valence-corrected chi connectivity index (χ2v) is 5.97. The number of anilines is 1. The van der Waals surface area contributed by atoms with Crippen LogP contribution in [0.1, 0.15) is 40.6 Å². The summed E-state index contributed by atoms with van der Waals surface area (Å²) in [5.74, 6) is 0.850. The van der Waals surface area contributed by atoms with Gasteiger partial charge in [0.1, 0.15) is 17.8 Å². The van der Waals surface area contributed by atoms with E-state index >= 15 is 0 Å². The molecule has 24 heavy (non-hydrogen) atoms. The minimum atomic E-state index is -0.253. The van der Waals surface area contributed by atoms with Crippen LogP contribution in [0.25, 0.3) is 5.69 Å². The molecule has 0 atom stereocenters. The quantitative estimate of drug-likeness (QED) is 0.802. The summed E-state index contributed by atoms with van der Waals surface area (Å²) in [6.45, 7) is 1.89. The average molecular weight is 319 g/mol. The van der Waals surface area contributed by atoms with Crippen LogP contribution in [0.5, 0.6) is 0 Å². The second kappa shape index (κ2) is 5.88. The Balaban J connectivity index is 1.61. The molecule has 1 aliphatic carbocycles. The van der Waals surface area contributed by atoms with Crippen LogP contribution in [0.15, 0.2) is 48.8 Å². The van der Waals surface area contributed by atoms with Gasteiger partial charge in [0.2, 0.25) is 0 Å². The first kappa shape index (κ1) is 14.6. The minimum Gasteiger partial charge on any atom is -0.305 e. The Morgan fingerprint density at radius 3 is 2.71 bits per heavy atom. The van der Waals surface area contributed by atoms with Crippen LogP contribution < -0.4 is 5.32 Å². The van der Waals surface area contributed by atoms with Gasteiger partial charge in [-0.05, 0) is 38.0 Å². The summed E-state index contributed by atoms with van der Waals surface area (Å²) in [7, 11) is 0. The molecule has 4 rings (SSSR count). The molecule has 0 spiro atoms. The van der Waals surface area contributed by atoms with Crippen LogP contribution in [-0.2, 0) is 0 Å². The van der Waals surface area contributed by atoms with Crippen LogP contribution >= 0.6 is 0 Å². The standard InChI is InChI=1S/C18H17N5O/c1-12-9-17(23(22-12)14-5-3-2-4-6-14)21-18(24)16-10-15(13-7-8-13)19-11-20-16/h2-6,9-11,13H,7-8H2,1H3,(H,21,24). The van der Waals surface area contributed by atoms with E-state index < -0.39 is 0 Å². The number of benzene rings is 1. The van der Waals surface area contributed by atoms with Crippen molar-refractivity contribution in [1.82, 2.24) is 19.7 Å². The third-order valence-corrected chi connectivity index (χ3v) is 3.99. The van der Waals surface area contributed by atoms with Gasteiger partial charge in [0, 0.05) is 17.7 Å². The van der Waals surface area contributed by atoms with Gasteiger partial charge in [0.05, 0.1) is 11.4 Å². The summed E-state index contributed by atoms with van der Waals surface area (Å²) in [5.41, 5.74) is 3.05. The highest BCUT2D eigenvalue weighted by Gasteiger charge is 2.26. The summed E-state index contributed by atoms with van der Waals surface area (Å²) >= 11 is 0. The van der Waals surface area contributed by atoms with E-state index in [1.807, 2.05) is 43.3 Å². The molecule has 0 unspecified atom stereocenters. The summed E-state index contributed by atoms with van der Waals surface area (Å²) in [4.78, 5) is 20.9. The third-order valence-electron chi connectivity index (χ3n) is 3.99. The molecule has 1 aromatic carbocycles. The molecule has 0 radical (unpaired) electrons. The summed E-state index contributed by atoms with van der Waals surface area (Å²) in [5, 5.41) is 7.36. The largest absolute Gasteiger partial charge is 0.305 e. The highest BCUT2D eigenvalue weighted by Crippen LogP contribution is 2.38. The Labute approximate surface area is 139 Å². The first-order valence-electron chi connectivity index (χ1n) is 7.96. The number of aryl methyl sites for hydroxylation is 1. The van der Waals surface area contributed by atoms with Gasteiger partial charge in [-0.25, -0.2) is 14.6 Å². The number of rotatable bonds is 4. The van der Waals surface area contributed by atoms with E-state index in [0.29, 0.717) is 17.4 Å². The predicted molar refractivity (Wildman–Crippen MR) is 90.3 cm³/mol. The van der Waals surface area contributed by atoms with E-state index in [1.54, 1.807) is 10.7 Å². The van der Waals surface area contributed by atoms with Crippen LogP contribution in [0.4, 0.5) is 5.82 Å². The maximum atomic E-state index is 12.6. The van der Waals surface area contributed by atoms with E-state index in [2.05, 4.69) is 20.4 Å². The number of carbonyl (C=O) groups is 1. The van der Waals surface area contributed by atoms with Crippen molar-refractivity contribution in [2.24, 2.45) is 0 Å². The van der Waals surface area contributed by atoms with Crippen molar-refractivity contribution in [3.63, 3.8) is 0 Å². The minimum absolute atomic E-state index is 0.253. The van der Waals surface area contributed by atoms with E-state index in [-0.39, 0.29) is 5.91 Å². The number of hydrogen-bond acceptors (Lipinski definition) is 4. The van der Waals surface area contributed by atoms with Crippen LogP contribution in [0.3, 0.4) is 0 Å². The number of aromatic nitrogens is 4. The average Bonchev–Trinajstić information content (AvgIpc) is 3.39. The van der Waals surface area contributed by atoms with E-state index in [0.717, 1.165) is 29.9 Å². The Bertz CT molecular complexity index is 883. The molecule has 3 aromatic rings. The summed E-state index contributed by atoms with van der Waals surface area (Å²) in [6, 6.07) is 13.3. The molecule has 120 valence electrons. The smallest absolute Gasteiger partial charge is 0.275 e. The van der Waals surface area contributed by atoms with Crippen LogP contribution in [0, 0.1) is 6.92 Å². The molecule has 2 aromatic heterocycles. The molecule has 2 heterocycles. The second-order valence-electron chi connectivity index (χ2n) is 5.97. The molecule has 6 heteroatoms. The van der Waals surface area contributed by atoms with Crippen molar-refractivity contribution < 1.29 is 4.79 Å². The van der Waals surface area contributed by atoms with Crippen molar-refractivity contribution in [2.45, 2.75) is 25.7 Å². The molecule has 0 bridgehead atoms. The fraction of sp³-hybridized carbons (Fsp3) is 0.222. The van der Waals surface area contributed by atoms with Gasteiger partial charge in [-0.1, -0.05) is 18.2 Å². The Morgan fingerprint density at radius 1 is 1.17 bits per heavy atom. The number of nitrogens with one attached hydrogen (secondary N) is 1. The first-order chi connectivity index (χ1) is 11.7. The van der Waals surface area contributed by atoms with Crippen molar-refractivity contribution in [2.75, 3.05) is 5.32 Å². The highest BCUT2D eigenvalue weighted by atomic mass is 16.2. The van der Waals surface area contributed by atoms with Crippen LogP contribution in [0.2, 0.25) is 0 Å². The molecule has 0 aliphatic heterocycles. The summed E-state index contributed by atoms with van der Waals surface area (Å²) < 4.78 is 1.72. The molecule has 1 fully saturated rings. The van der Waals surface area contributed by atoms with Gasteiger partial charge in [-0.2, -0.15) is 5.10 Å². The molecule has 1 N–H and O–H groups in total. The van der Waals surface area contributed by atoms with Crippen molar-refractivity contribution in [1.29, 1.82) is 0 Å². The van der Waals surface area contributed by atoms with E-state index in [1.165, 1.54) is 6.33 Å². The predicted octanol–water partition coefficient (Wildman–Crippen LogP) is 3.10. The van der Waals surface area contributed by atoms with E-state index in [9.17, 15) is 4.79 Å². The number of hydrogen-bond donors (Lipinski definition) is 1. The monoisotopic (exact) mass is 319 g/mol. The molecular weight excluding hydrogens is 302 g/mol. The normalized spacial score (nSPS) is 13.7. The molecule has 6 nitrogen and oxygen atoms in total. The van der Waals surface area contributed by atoms with Crippen LogP contribution in [-0.4, -0.2) is 25.7 Å². The van der Waals surface area contributed by atoms with Gasteiger partial charge in [-0.15, -0.1) is 0 Å². The maximum Gasteiger partial charge on any atom is 0.275 e. The number of para-hydroxylation sites is 1. The zero-order valence-electron chi connectivity index (χ0n) is 13.3. The number of carbonyl (C=O) groups excluding carboxylic acids is 1. The van der Waals surface area contributed by atoms with Gasteiger partial charge >= 0.3 is 0 Å². The maximum absolute atomic E-state index is 12.6. The number of amides is 1. The van der Waals surface area contributed by atoms with Crippen molar-refractivity contribution >= 4 is 11.7 Å². The first-order valence-corrected chi connectivity index (χ1v) is 7.96. The lowest BCUT2D eigenvalue weighted by atomic mass is 10.2. The Kier molecular flexibility index (Phi) is 3.57. The lowest BCUT2D eigenvalue weighted by molar-refractivity contribution is 0.102. The van der Waals surface area contributed by atoms with Gasteiger partial charge < -0.3 is 5.32 Å². The van der Waals surface area contributed by atoms with Gasteiger partial charge in [0.25, 0.3) is 5.91 Å². The Morgan fingerprint density at radius 2 is 1.96 bits per heavy atom. The zero-order chi connectivity index (χ0) is 16.5. The summed E-state index contributed by atoms with van der Waals surface area (Å²) in [6.07, 6.45) is 3.73. The van der Waals surface area contributed by atoms with Crippen molar-refractivity contribution in [3.8, 4) is 5.69 Å². The topological polar surface area (TPSA) is 72.7 Å². The molecule has 1 amide bonds. The number of nitrogens with zero attached hydrogens (tertiary/aromatic N) is 4. The Hall–Kier alpha value is -3.02.